The van der Waals surface area contributed by atoms with E-state index in [2.05, 4.69) is 18.7 Å². The lowest BCUT2D eigenvalue weighted by Gasteiger charge is -1.95. The van der Waals surface area contributed by atoms with Crippen LogP contribution < -0.4 is 0 Å². The number of rotatable bonds is 0. The highest BCUT2D eigenvalue weighted by atomic mass is 32.1. The maximum atomic E-state index is 8.56. The molecule has 0 radical (unpaired) electrons. The van der Waals surface area contributed by atoms with Crippen LogP contribution in [-0.2, 0) is 0 Å². The van der Waals surface area contributed by atoms with Crippen molar-refractivity contribution in [1.82, 2.24) is 0 Å². The summed E-state index contributed by atoms with van der Waals surface area (Å²) >= 11 is 4.10. The van der Waals surface area contributed by atoms with Crippen molar-refractivity contribution in [1.29, 1.82) is 5.26 Å². The average Bonchev–Trinajstić information content (AvgIpc) is 1.94. The minimum atomic E-state index is 0.701. The summed E-state index contributed by atoms with van der Waals surface area (Å²) in [7, 11) is 0. The molecule has 0 atom stereocenters. The predicted molar refractivity (Wildman–Crippen MR) is 43.1 cm³/mol. The van der Waals surface area contributed by atoms with E-state index in [-0.39, 0.29) is 0 Å². The molecule has 0 aromatic heterocycles. The van der Waals surface area contributed by atoms with Gasteiger partial charge in [-0.05, 0) is 24.6 Å². The van der Waals surface area contributed by atoms with Crippen LogP contribution in [-0.4, -0.2) is 0 Å². The van der Waals surface area contributed by atoms with Crippen molar-refractivity contribution in [3.8, 4) is 6.07 Å². The molecule has 10 heavy (non-hydrogen) atoms. The highest BCUT2D eigenvalue weighted by Crippen LogP contribution is 2.12. The molecule has 50 valence electrons. The fraction of sp³-hybridized carbons (Fsp3) is 0.125. The van der Waals surface area contributed by atoms with Crippen molar-refractivity contribution < 1.29 is 0 Å². The minimum Gasteiger partial charge on any atom is -0.192 e. The Balaban J connectivity index is 3.25. The van der Waals surface area contributed by atoms with Gasteiger partial charge in [-0.15, -0.1) is 12.6 Å². The van der Waals surface area contributed by atoms with Gasteiger partial charge in [0.15, 0.2) is 0 Å². The van der Waals surface area contributed by atoms with Gasteiger partial charge < -0.3 is 0 Å². The van der Waals surface area contributed by atoms with Crippen molar-refractivity contribution in [2.24, 2.45) is 0 Å². The third-order valence-electron chi connectivity index (χ3n) is 1.34. The van der Waals surface area contributed by atoms with Crippen LogP contribution in [0.3, 0.4) is 0 Å². The van der Waals surface area contributed by atoms with Crippen LogP contribution in [0.25, 0.3) is 0 Å². The number of aryl methyl sites for hydroxylation is 1. The quantitative estimate of drug-likeness (QED) is 0.561. The predicted octanol–water partition coefficient (Wildman–Crippen LogP) is 2.16. The third-order valence-corrected chi connectivity index (χ3v) is 1.62. The first-order chi connectivity index (χ1) is 4.74. The van der Waals surface area contributed by atoms with E-state index in [0.717, 1.165) is 10.5 Å². The van der Waals surface area contributed by atoms with E-state index < -0.39 is 0 Å². The summed E-state index contributed by atoms with van der Waals surface area (Å²) in [4.78, 5) is 0.835. The molecular formula is C8H7NS. The Morgan fingerprint density at radius 3 is 2.70 bits per heavy atom. The Morgan fingerprint density at radius 1 is 1.50 bits per heavy atom. The van der Waals surface area contributed by atoms with E-state index in [4.69, 9.17) is 5.26 Å². The number of hydrogen-bond acceptors (Lipinski definition) is 2. The van der Waals surface area contributed by atoms with Crippen molar-refractivity contribution in [2.45, 2.75) is 11.8 Å². The van der Waals surface area contributed by atoms with Crippen molar-refractivity contribution in [3.05, 3.63) is 29.3 Å². The van der Waals surface area contributed by atoms with Crippen molar-refractivity contribution in [2.75, 3.05) is 0 Å². The molecule has 0 saturated carbocycles. The van der Waals surface area contributed by atoms with E-state index in [1.165, 1.54) is 0 Å². The molecule has 0 aliphatic heterocycles. The molecule has 1 aromatic rings. The lowest BCUT2D eigenvalue weighted by Crippen LogP contribution is -1.79. The molecule has 0 amide bonds. The molecule has 1 nitrogen and oxygen atoms in total. The van der Waals surface area contributed by atoms with E-state index in [0.29, 0.717) is 5.56 Å². The SMILES string of the molecule is Cc1ccc(S)cc1C#N. The normalized spacial score (nSPS) is 8.90. The topological polar surface area (TPSA) is 23.8 Å². The van der Waals surface area contributed by atoms with E-state index in [1.54, 1.807) is 6.07 Å². The molecule has 0 N–H and O–H groups in total. The van der Waals surface area contributed by atoms with Crippen LogP contribution in [0, 0.1) is 18.3 Å². The summed E-state index contributed by atoms with van der Waals surface area (Å²) in [6.07, 6.45) is 0. The number of nitriles is 1. The second kappa shape index (κ2) is 2.76. The zero-order valence-corrected chi connectivity index (χ0v) is 6.52. The van der Waals surface area contributed by atoms with Crippen LogP contribution in [0.1, 0.15) is 11.1 Å². The van der Waals surface area contributed by atoms with Gasteiger partial charge in [0.05, 0.1) is 11.6 Å². The van der Waals surface area contributed by atoms with Crippen LogP contribution in [0.15, 0.2) is 23.1 Å². The smallest absolute Gasteiger partial charge is 0.0994 e. The van der Waals surface area contributed by atoms with Crippen LogP contribution in [0.4, 0.5) is 0 Å². The van der Waals surface area contributed by atoms with E-state index in [9.17, 15) is 0 Å². The Kier molecular flexibility index (Phi) is 1.98. The van der Waals surface area contributed by atoms with Crippen molar-refractivity contribution >= 4 is 12.6 Å². The average molecular weight is 149 g/mol. The van der Waals surface area contributed by atoms with Gasteiger partial charge in [-0.2, -0.15) is 5.26 Å². The standard InChI is InChI=1S/C8H7NS/c1-6-2-3-8(10)4-7(6)5-9/h2-4,10H,1H3. The maximum absolute atomic E-state index is 8.56. The summed E-state index contributed by atoms with van der Waals surface area (Å²) in [5.74, 6) is 0. The first-order valence-corrected chi connectivity index (χ1v) is 3.38. The minimum absolute atomic E-state index is 0.701. The molecule has 0 bridgehead atoms. The van der Waals surface area contributed by atoms with E-state index >= 15 is 0 Å². The van der Waals surface area contributed by atoms with Gasteiger partial charge in [0.1, 0.15) is 0 Å². The number of nitrogens with zero attached hydrogens (tertiary/aromatic N) is 1. The summed E-state index contributed by atoms with van der Waals surface area (Å²) < 4.78 is 0. The monoisotopic (exact) mass is 149 g/mol. The largest absolute Gasteiger partial charge is 0.192 e. The molecular weight excluding hydrogens is 142 g/mol. The molecule has 0 fully saturated rings. The molecule has 0 heterocycles. The zero-order chi connectivity index (χ0) is 7.56. The highest BCUT2D eigenvalue weighted by Gasteiger charge is 1.94. The summed E-state index contributed by atoms with van der Waals surface area (Å²) in [5.41, 5.74) is 1.70. The first-order valence-electron chi connectivity index (χ1n) is 2.94. The molecule has 1 rings (SSSR count). The van der Waals surface area contributed by atoms with Gasteiger partial charge in [-0.25, -0.2) is 0 Å². The number of hydrogen-bond donors (Lipinski definition) is 1. The fourth-order valence-electron chi connectivity index (χ4n) is 0.730. The van der Waals surface area contributed by atoms with Crippen LogP contribution >= 0.6 is 12.6 Å². The third kappa shape index (κ3) is 1.31. The van der Waals surface area contributed by atoms with Gasteiger partial charge in [0, 0.05) is 4.90 Å². The summed E-state index contributed by atoms with van der Waals surface area (Å²) in [6, 6.07) is 7.61. The van der Waals surface area contributed by atoms with Gasteiger partial charge in [-0.1, -0.05) is 6.07 Å². The Morgan fingerprint density at radius 2 is 2.20 bits per heavy atom. The Hall–Kier alpha value is -0.940. The van der Waals surface area contributed by atoms with Gasteiger partial charge in [0.25, 0.3) is 0 Å². The van der Waals surface area contributed by atoms with Gasteiger partial charge in [0.2, 0.25) is 0 Å². The molecule has 0 spiro atoms. The summed E-state index contributed by atoms with van der Waals surface area (Å²) in [6.45, 7) is 1.91. The maximum Gasteiger partial charge on any atom is 0.0994 e. The van der Waals surface area contributed by atoms with Crippen molar-refractivity contribution in [3.63, 3.8) is 0 Å². The highest BCUT2D eigenvalue weighted by molar-refractivity contribution is 7.80. The molecule has 1 aromatic carbocycles. The van der Waals surface area contributed by atoms with E-state index in [1.807, 2.05) is 19.1 Å². The molecule has 0 saturated heterocycles. The molecule has 2 heteroatoms. The zero-order valence-electron chi connectivity index (χ0n) is 5.63. The van der Waals surface area contributed by atoms with Gasteiger partial charge >= 0.3 is 0 Å². The second-order valence-corrected chi connectivity index (χ2v) is 2.63. The van der Waals surface area contributed by atoms with Crippen LogP contribution in [0.2, 0.25) is 0 Å². The molecule has 0 aliphatic carbocycles. The lowest BCUT2D eigenvalue weighted by atomic mass is 10.1. The van der Waals surface area contributed by atoms with Gasteiger partial charge in [-0.3, -0.25) is 0 Å². The Labute approximate surface area is 65.7 Å². The Bertz CT molecular complexity index is 286. The summed E-state index contributed by atoms with van der Waals surface area (Å²) in [5, 5.41) is 8.56. The molecule has 0 unspecified atom stereocenters. The first kappa shape index (κ1) is 7.17. The second-order valence-electron chi connectivity index (χ2n) is 2.11. The van der Waals surface area contributed by atoms with Crippen LogP contribution in [0.5, 0.6) is 0 Å². The number of benzene rings is 1. The number of thiol groups is 1. The molecule has 0 aliphatic rings. The lowest BCUT2D eigenvalue weighted by molar-refractivity contribution is 1.33. The fourth-order valence-corrected chi connectivity index (χ4v) is 0.934.